The minimum Gasteiger partial charge on any atom is -0.508 e. The van der Waals surface area contributed by atoms with Gasteiger partial charge in [0.1, 0.15) is 5.75 Å². The maximum absolute atomic E-state index is 12.2. The van der Waals surface area contributed by atoms with E-state index in [1.165, 1.54) is 12.8 Å². The molecule has 4 heteroatoms. The van der Waals surface area contributed by atoms with Gasteiger partial charge in [-0.25, -0.2) is 4.79 Å². The molecule has 2 rings (SSSR count). The fourth-order valence-corrected chi connectivity index (χ4v) is 2.61. The third kappa shape index (κ3) is 4.44. The Hall–Kier alpha value is -1.71. The summed E-state index contributed by atoms with van der Waals surface area (Å²) in [6, 6.07) is 7.29. The molecule has 0 radical (unpaired) electrons. The zero-order valence-electron chi connectivity index (χ0n) is 12.1. The van der Waals surface area contributed by atoms with Gasteiger partial charge in [0, 0.05) is 19.1 Å². The van der Waals surface area contributed by atoms with Crippen molar-refractivity contribution in [1.82, 2.24) is 10.2 Å². The highest BCUT2D eigenvalue weighted by molar-refractivity contribution is 5.74. The number of rotatable bonds is 3. The van der Waals surface area contributed by atoms with E-state index in [0.717, 1.165) is 37.9 Å². The number of phenolic OH excluding ortho intramolecular Hbond substituents is 1. The van der Waals surface area contributed by atoms with E-state index >= 15 is 0 Å². The van der Waals surface area contributed by atoms with Crippen LogP contribution in [0, 0.1) is 0 Å². The molecule has 0 saturated carbocycles. The molecular weight excluding hydrogens is 252 g/mol. The van der Waals surface area contributed by atoms with Crippen LogP contribution in [-0.4, -0.2) is 35.2 Å². The second-order valence-electron chi connectivity index (χ2n) is 5.62. The van der Waals surface area contributed by atoms with Gasteiger partial charge in [0.2, 0.25) is 0 Å². The monoisotopic (exact) mass is 276 g/mol. The van der Waals surface area contributed by atoms with E-state index in [2.05, 4.69) is 5.32 Å². The van der Waals surface area contributed by atoms with Crippen molar-refractivity contribution in [3.05, 3.63) is 29.8 Å². The van der Waals surface area contributed by atoms with Gasteiger partial charge in [0.25, 0.3) is 0 Å². The predicted octanol–water partition coefficient (Wildman–Crippen LogP) is 2.91. The lowest BCUT2D eigenvalue weighted by atomic mass is 10.1. The van der Waals surface area contributed by atoms with Crippen LogP contribution in [0.1, 0.15) is 38.2 Å². The zero-order valence-corrected chi connectivity index (χ0v) is 12.1. The Kier molecular flexibility index (Phi) is 5.27. The number of likely N-dealkylation sites (tertiary alicyclic amines) is 1. The summed E-state index contributed by atoms with van der Waals surface area (Å²) in [6.07, 6.45) is 5.46. The number of carbonyl (C=O) groups excluding carboxylic acids is 1. The molecule has 1 heterocycles. The van der Waals surface area contributed by atoms with Crippen LogP contribution in [0.3, 0.4) is 0 Å². The van der Waals surface area contributed by atoms with Gasteiger partial charge in [-0.05, 0) is 43.9 Å². The molecule has 1 saturated heterocycles. The molecule has 0 bridgehead atoms. The Labute approximate surface area is 120 Å². The Morgan fingerprint density at radius 2 is 1.80 bits per heavy atom. The highest BCUT2D eigenvalue weighted by Crippen LogP contribution is 2.12. The number of carbonyl (C=O) groups is 1. The number of amides is 2. The summed E-state index contributed by atoms with van der Waals surface area (Å²) in [4.78, 5) is 14.1. The molecule has 1 fully saturated rings. The smallest absolute Gasteiger partial charge is 0.317 e. The van der Waals surface area contributed by atoms with E-state index in [-0.39, 0.29) is 17.8 Å². The lowest BCUT2D eigenvalue weighted by Crippen LogP contribution is -2.44. The first-order valence-electron chi connectivity index (χ1n) is 7.48. The maximum Gasteiger partial charge on any atom is 0.317 e. The van der Waals surface area contributed by atoms with Gasteiger partial charge in [-0.2, -0.15) is 0 Å². The third-order valence-electron chi connectivity index (χ3n) is 3.74. The minimum atomic E-state index is 0.0539. The SMILES string of the molecule is C[C@H](Cc1ccc(O)cc1)NC(=O)N1CCCCCC1. The maximum atomic E-state index is 12.2. The molecule has 4 nitrogen and oxygen atoms in total. The molecule has 110 valence electrons. The van der Waals surface area contributed by atoms with Crippen LogP contribution < -0.4 is 5.32 Å². The standard InChI is InChI=1S/C16H24N2O2/c1-13(12-14-6-8-15(19)9-7-14)17-16(20)18-10-4-2-3-5-11-18/h6-9,13,19H,2-5,10-12H2,1H3,(H,17,20)/t13-/m1/s1. The summed E-state index contributed by atoms with van der Waals surface area (Å²) in [7, 11) is 0. The molecule has 1 aromatic carbocycles. The summed E-state index contributed by atoms with van der Waals surface area (Å²) in [5.41, 5.74) is 1.12. The summed E-state index contributed by atoms with van der Waals surface area (Å²) < 4.78 is 0. The molecule has 0 unspecified atom stereocenters. The van der Waals surface area contributed by atoms with Crippen molar-refractivity contribution in [3.8, 4) is 5.75 Å². The van der Waals surface area contributed by atoms with Gasteiger partial charge in [0.05, 0.1) is 0 Å². The van der Waals surface area contributed by atoms with Crippen molar-refractivity contribution >= 4 is 6.03 Å². The Morgan fingerprint density at radius 1 is 1.20 bits per heavy atom. The van der Waals surface area contributed by atoms with E-state index in [1.54, 1.807) is 12.1 Å². The van der Waals surface area contributed by atoms with Gasteiger partial charge in [-0.3, -0.25) is 0 Å². The largest absolute Gasteiger partial charge is 0.508 e. The molecule has 1 aliphatic heterocycles. The molecule has 1 aromatic rings. The number of urea groups is 1. The number of phenols is 1. The van der Waals surface area contributed by atoms with Gasteiger partial charge >= 0.3 is 6.03 Å². The van der Waals surface area contributed by atoms with Crippen LogP contribution in [0.2, 0.25) is 0 Å². The van der Waals surface area contributed by atoms with Crippen LogP contribution in [0.4, 0.5) is 4.79 Å². The fourth-order valence-electron chi connectivity index (χ4n) is 2.61. The molecule has 1 atom stereocenters. The van der Waals surface area contributed by atoms with Crippen LogP contribution in [0.25, 0.3) is 0 Å². The van der Waals surface area contributed by atoms with Crippen molar-refractivity contribution in [2.24, 2.45) is 0 Å². The highest BCUT2D eigenvalue weighted by atomic mass is 16.3. The van der Waals surface area contributed by atoms with E-state index in [0.29, 0.717) is 0 Å². The molecule has 2 amide bonds. The first-order valence-corrected chi connectivity index (χ1v) is 7.48. The van der Waals surface area contributed by atoms with Gasteiger partial charge < -0.3 is 15.3 Å². The molecule has 1 aliphatic rings. The molecule has 20 heavy (non-hydrogen) atoms. The number of aromatic hydroxyl groups is 1. The van der Waals surface area contributed by atoms with Crippen molar-refractivity contribution in [3.63, 3.8) is 0 Å². The minimum absolute atomic E-state index is 0.0539. The molecule has 0 aliphatic carbocycles. The number of nitrogens with zero attached hydrogens (tertiary/aromatic N) is 1. The van der Waals surface area contributed by atoms with Crippen molar-refractivity contribution < 1.29 is 9.90 Å². The lowest BCUT2D eigenvalue weighted by Gasteiger charge is -2.23. The average Bonchev–Trinajstić information content (AvgIpc) is 2.70. The lowest BCUT2D eigenvalue weighted by molar-refractivity contribution is 0.196. The first kappa shape index (κ1) is 14.7. The normalized spacial score (nSPS) is 17.4. The second kappa shape index (κ2) is 7.17. The van der Waals surface area contributed by atoms with Crippen molar-refractivity contribution in [1.29, 1.82) is 0 Å². The number of benzene rings is 1. The van der Waals surface area contributed by atoms with Crippen molar-refractivity contribution in [2.45, 2.75) is 45.1 Å². The number of hydrogen-bond donors (Lipinski definition) is 2. The Morgan fingerprint density at radius 3 is 2.40 bits per heavy atom. The summed E-state index contributed by atoms with van der Waals surface area (Å²) in [6.45, 7) is 3.76. The predicted molar refractivity (Wildman–Crippen MR) is 79.8 cm³/mol. The van der Waals surface area contributed by atoms with E-state index in [4.69, 9.17) is 0 Å². The van der Waals surface area contributed by atoms with E-state index < -0.39 is 0 Å². The molecule has 2 N–H and O–H groups in total. The zero-order chi connectivity index (χ0) is 14.4. The summed E-state index contributed by atoms with van der Waals surface area (Å²) in [5, 5.41) is 12.3. The Balaban J connectivity index is 1.82. The molecule has 0 aromatic heterocycles. The van der Waals surface area contributed by atoms with Crippen molar-refractivity contribution in [2.75, 3.05) is 13.1 Å². The second-order valence-corrected chi connectivity index (χ2v) is 5.62. The third-order valence-corrected chi connectivity index (χ3v) is 3.74. The summed E-state index contributed by atoms with van der Waals surface area (Å²) in [5.74, 6) is 0.273. The quantitative estimate of drug-likeness (QED) is 0.892. The molecule has 0 spiro atoms. The fraction of sp³-hybridized carbons (Fsp3) is 0.562. The summed E-state index contributed by atoms with van der Waals surface area (Å²) >= 11 is 0. The van der Waals surface area contributed by atoms with Gasteiger partial charge in [-0.1, -0.05) is 25.0 Å². The highest BCUT2D eigenvalue weighted by Gasteiger charge is 2.17. The van der Waals surface area contributed by atoms with Crippen LogP contribution in [-0.2, 0) is 6.42 Å². The number of nitrogens with one attached hydrogen (secondary N) is 1. The average molecular weight is 276 g/mol. The van der Waals surface area contributed by atoms with E-state index in [9.17, 15) is 9.90 Å². The Bertz CT molecular complexity index is 423. The van der Waals surface area contributed by atoms with Gasteiger partial charge in [0.15, 0.2) is 0 Å². The number of hydrogen-bond acceptors (Lipinski definition) is 2. The van der Waals surface area contributed by atoms with Gasteiger partial charge in [-0.15, -0.1) is 0 Å². The van der Waals surface area contributed by atoms with Crippen LogP contribution in [0.15, 0.2) is 24.3 Å². The molecular formula is C16H24N2O2. The van der Waals surface area contributed by atoms with Crippen LogP contribution in [0.5, 0.6) is 5.75 Å². The van der Waals surface area contributed by atoms with Crippen LogP contribution >= 0.6 is 0 Å². The topological polar surface area (TPSA) is 52.6 Å². The van der Waals surface area contributed by atoms with E-state index in [1.807, 2.05) is 24.0 Å². The first-order chi connectivity index (χ1) is 9.65.